The zero-order chi connectivity index (χ0) is 13.7. The van der Waals surface area contributed by atoms with Crippen LogP contribution >= 0.6 is 23.2 Å². The van der Waals surface area contributed by atoms with Gasteiger partial charge in [-0.2, -0.15) is 0 Å². The van der Waals surface area contributed by atoms with Crippen LogP contribution in [0.3, 0.4) is 0 Å². The summed E-state index contributed by atoms with van der Waals surface area (Å²) in [4.78, 5) is 2.17. The van der Waals surface area contributed by atoms with E-state index in [0.29, 0.717) is 5.88 Å². The molecule has 0 aliphatic heterocycles. The summed E-state index contributed by atoms with van der Waals surface area (Å²) in [5.41, 5.74) is 3.43. The van der Waals surface area contributed by atoms with Crippen LogP contribution < -0.4 is 4.90 Å². The van der Waals surface area contributed by atoms with Gasteiger partial charge in [0.05, 0.1) is 10.7 Å². The molecule has 1 nitrogen and oxygen atoms in total. The molecule has 0 saturated carbocycles. The maximum atomic E-state index is 6.28. The van der Waals surface area contributed by atoms with Crippen molar-refractivity contribution >= 4 is 28.9 Å². The Balaban J connectivity index is 2.02. The molecule has 2 rings (SSSR count). The van der Waals surface area contributed by atoms with Crippen molar-refractivity contribution in [3.63, 3.8) is 0 Å². The Morgan fingerprint density at radius 2 is 1.74 bits per heavy atom. The van der Waals surface area contributed by atoms with Crippen LogP contribution in [0.2, 0.25) is 5.02 Å². The van der Waals surface area contributed by atoms with Gasteiger partial charge in [0.25, 0.3) is 0 Å². The van der Waals surface area contributed by atoms with Crippen molar-refractivity contribution in [2.45, 2.75) is 12.3 Å². The predicted octanol–water partition coefficient (Wildman–Crippen LogP) is 4.76. The lowest BCUT2D eigenvalue weighted by atomic mass is 10.1. The van der Waals surface area contributed by atoms with E-state index in [-0.39, 0.29) is 0 Å². The molecular formula is C16H17Cl2N. The number of halogens is 2. The zero-order valence-electron chi connectivity index (χ0n) is 10.9. The van der Waals surface area contributed by atoms with Crippen molar-refractivity contribution in [1.82, 2.24) is 0 Å². The summed E-state index contributed by atoms with van der Waals surface area (Å²) in [7, 11) is 2.06. The van der Waals surface area contributed by atoms with E-state index < -0.39 is 0 Å². The standard InChI is InChI=1S/C16H17Cl2N/c1-19(10-9-13-5-3-2-4-6-13)16-8-7-14(12-17)11-15(16)18/h2-8,11H,9-10,12H2,1H3. The van der Waals surface area contributed by atoms with Crippen LogP contribution in [0.5, 0.6) is 0 Å². The van der Waals surface area contributed by atoms with Gasteiger partial charge in [0.1, 0.15) is 0 Å². The maximum Gasteiger partial charge on any atom is 0.0642 e. The average Bonchev–Trinajstić information content (AvgIpc) is 2.45. The normalized spacial score (nSPS) is 10.5. The Labute approximate surface area is 124 Å². The molecule has 19 heavy (non-hydrogen) atoms. The van der Waals surface area contributed by atoms with Gasteiger partial charge in [0.15, 0.2) is 0 Å². The van der Waals surface area contributed by atoms with Gasteiger partial charge in [-0.25, -0.2) is 0 Å². The van der Waals surface area contributed by atoms with Crippen molar-refractivity contribution in [1.29, 1.82) is 0 Å². The van der Waals surface area contributed by atoms with E-state index >= 15 is 0 Å². The smallest absolute Gasteiger partial charge is 0.0642 e. The maximum absolute atomic E-state index is 6.28. The summed E-state index contributed by atoms with van der Waals surface area (Å²) in [6, 6.07) is 16.4. The van der Waals surface area contributed by atoms with E-state index in [1.165, 1.54) is 5.56 Å². The summed E-state index contributed by atoms with van der Waals surface area (Å²) < 4.78 is 0. The lowest BCUT2D eigenvalue weighted by Gasteiger charge is -2.21. The fourth-order valence-corrected chi connectivity index (χ4v) is 2.52. The molecule has 2 aromatic carbocycles. The minimum atomic E-state index is 0.494. The first-order valence-corrected chi connectivity index (χ1v) is 7.21. The van der Waals surface area contributed by atoms with Gasteiger partial charge in [-0.15, -0.1) is 11.6 Å². The molecule has 0 heterocycles. The van der Waals surface area contributed by atoms with Crippen LogP contribution in [-0.4, -0.2) is 13.6 Å². The van der Waals surface area contributed by atoms with Crippen molar-refractivity contribution in [2.24, 2.45) is 0 Å². The summed E-state index contributed by atoms with van der Waals surface area (Å²) in [6.45, 7) is 0.934. The monoisotopic (exact) mass is 293 g/mol. The first kappa shape index (κ1) is 14.2. The molecule has 100 valence electrons. The third-order valence-corrected chi connectivity index (χ3v) is 3.77. The third kappa shape index (κ3) is 3.89. The minimum Gasteiger partial charge on any atom is -0.373 e. The molecule has 0 aromatic heterocycles. The Bertz CT molecular complexity index is 526. The molecule has 0 fully saturated rings. The van der Waals surface area contributed by atoms with Crippen molar-refractivity contribution in [3.8, 4) is 0 Å². The molecule has 0 saturated heterocycles. The summed E-state index contributed by atoms with van der Waals surface area (Å²) in [5.74, 6) is 0.494. The first-order valence-electron chi connectivity index (χ1n) is 6.30. The summed E-state index contributed by atoms with van der Waals surface area (Å²) in [5, 5.41) is 0.758. The van der Waals surface area contributed by atoms with Crippen molar-refractivity contribution < 1.29 is 0 Å². The Hall–Kier alpha value is -1.18. The highest BCUT2D eigenvalue weighted by Gasteiger charge is 2.07. The Kier molecular flexibility index (Phi) is 5.12. The highest BCUT2D eigenvalue weighted by Crippen LogP contribution is 2.26. The highest BCUT2D eigenvalue weighted by atomic mass is 35.5. The van der Waals surface area contributed by atoms with Gasteiger partial charge in [0, 0.05) is 19.5 Å². The van der Waals surface area contributed by atoms with E-state index in [1.54, 1.807) is 0 Å². The number of rotatable bonds is 5. The second-order valence-electron chi connectivity index (χ2n) is 4.58. The second-order valence-corrected chi connectivity index (χ2v) is 5.25. The van der Waals surface area contributed by atoms with Gasteiger partial charge in [-0.3, -0.25) is 0 Å². The molecule has 0 spiro atoms. The molecular weight excluding hydrogens is 277 g/mol. The van der Waals surface area contributed by atoms with E-state index in [2.05, 4.69) is 36.2 Å². The SMILES string of the molecule is CN(CCc1ccccc1)c1ccc(CCl)cc1Cl. The number of alkyl halides is 1. The van der Waals surface area contributed by atoms with Gasteiger partial charge in [-0.1, -0.05) is 48.0 Å². The molecule has 0 unspecified atom stereocenters. The average molecular weight is 294 g/mol. The molecule has 0 radical (unpaired) electrons. The van der Waals surface area contributed by atoms with Crippen molar-refractivity contribution in [3.05, 3.63) is 64.7 Å². The molecule has 0 bridgehead atoms. The van der Waals surface area contributed by atoms with Gasteiger partial charge in [-0.05, 0) is 29.7 Å². The molecule has 2 aromatic rings. The van der Waals surface area contributed by atoms with Crippen LogP contribution in [0, 0.1) is 0 Å². The first-order chi connectivity index (χ1) is 9.20. The van der Waals surface area contributed by atoms with E-state index in [0.717, 1.165) is 29.2 Å². The largest absolute Gasteiger partial charge is 0.373 e. The fraction of sp³-hybridized carbons (Fsp3) is 0.250. The lowest BCUT2D eigenvalue weighted by molar-refractivity contribution is 0.876. The fourth-order valence-electron chi connectivity index (χ4n) is 2.01. The number of hydrogen-bond donors (Lipinski definition) is 0. The summed E-state index contributed by atoms with van der Waals surface area (Å²) in [6.07, 6.45) is 1.00. The van der Waals surface area contributed by atoms with Crippen molar-refractivity contribution in [2.75, 3.05) is 18.5 Å². The topological polar surface area (TPSA) is 3.24 Å². The van der Waals surface area contributed by atoms with Crippen LogP contribution in [0.4, 0.5) is 5.69 Å². The molecule has 0 atom stereocenters. The van der Waals surface area contributed by atoms with Crippen LogP contribution in [-0.2, 0) is 12.3 Å². The van der Waals surface area contributed by atoms with E-state index in [1.807, 2.05) is 24.3 Å². The van der Waals surface area contributed by atoms with Crippen LogP contribution in [0.15, 0.2) is 48.5 Å². The van der Waals surface area contributed by atoms with E-state index in [9.17, 15) is 0 Å². The Morgan fingerprint density at radius 3 is 2.37 bits per heavy atom. The minimum absolute atomic E-state index is 0.494. The van der Waals surface area contributed by atoms with Gasteiger partial charge >= 0.3 is 0 Å². The second kappa shape index (κ2) is 6.83. The van der Waals surface area contributed by atoms with Crippen LogP contribution in [0.25, 0.3) is 0 Å². The highest BCUT2D eigenvalue weighted by molar-refractivity contribution is 6.33. The number of anilines is 1. The van der Waals surface area contributed by atoms with Gasteiger partial charge < -0.3 is 4.90 Å². The molecule has 0 amide bonds. The number of benzene rings is 2. The zero-order valence-corrected chi connectivity index (χ0v) is 12.5. The molecule has 0 aliphatic carbocycles. The number of likely N-dealkylation sites (N-methyl/N-ethyl adjacent to an activating group) is 1. The molecule has 0 N–H and O–H groups in total. The number of nitrogens with zero attached hydrogens (tertiary/aromatic N) is 1. The Morgan fingerprint density at radius 1 is 1.00 bits per heavy atom. The van der Waals surface area contributed by atoms with Crippen LogP contribution in [0.1, 0.15) is 11.1 Å². The van der Waals surface area contributed by atoms with E-state index in [4.69, 9.17) is 23.2 Å². The number of hydrogen-bond acceptors (Lipinski definition) is 1. The quantitative estimate of drug-likeness (QED) is 0.719. The lowest BCUT2D eigenvalue weighted by Crippen LogP contribution is -2.20. The predicted molar refractivity (Wildman–Crippen MR) is 84.4 cm³/mol. The van der Waals surface area contributed by atoms with Gasteiger partial charge in [0.2, 0.25) is 0 Å². The third-order valence-electron chi connectivity index (χ3n) is 3.16. The summed E-state index contributed by atoms with van der Waals surface area (Å²) >= 11 is 12.1. The molecule has 3 heteroatoms. The molecule has 0 aliphatic rings.